The monoisotopic (exact) mass is 367 g/mol. The Bertz CT molecular complexity index is 460. The van der Waals surface area contributed by atoms with Gasteiger partial charge in [-0.2, -0.15) is 0 Å². The van der Waals surface area contributed by atoms with E-state index < -0.39 is 6.10 Å². The average molecular weight is 368 g/mol. The van der Waals surface area contributed by atoms with Crippen molar-refractivity contribution < 1.29 is 14.6 Å². The van der Waals surface area contributed by atoms with E-state index >= 15 is 0 Å². The van der Waals surface area contributed by atoms with E-state index in [1.54, 1.807) is 17.0 Å². The van der Waals surface area contributed by atoms with Gasteiger partial charge in [0.25, 0.3) is 5.91 Å². The molecule has 1 N–H and O–H groups in total. The zero-order valence-corrected chi connectivity index (χ0v) is 12.0. The summed E-state index contributed by atoms with van der Waals surface area (Å²) in [7, 11) is 1.51. The lowest BCUT2D eigenvalue weighted by Gasteiger charge is -2.36. The van der Waals surface area contributed by atoms with E-state index in [1.807, 2.05) is 0 Å². The number of aliphatic hydroxyl groups is 1. The molecule has 0 saturated carbocycles. The fraction of sp³-hybridized carbons (Fsp3) is 0.364. The Morgan fingerprint density at radius 3 is 2.76 bits per heavy atom. The number of methoxy groups -OCH3 is 1. The Balaban J connectivity index is 2.30. The van der Waals surface area contributed by atoms with Crippen LogP contribution in [0.15, 0.2) is 12.1 Å². The summed E-state index contributed by atoms with van der Waals surface area (Å²) in [5.41, 5.74) is 0.435. The summed E-state index contributed by atoms with van der Waals surface area (Å²) in [4.78, 5) is 13.7. The number of halogens is 2. The maximum Gasteiger partial charge on any atom is 0.257 e. The summed E-state index contributed by atoms with van der Waals surface area (Å²) in [6, 6.07) is 3.33. The lowest BCUT2D eigenvalue weighted by Crippen LogP contribution is -2.53. The minimum Gasteiger partial charge on any atom is -0.496 e. The lowest BCUT2D eigenvalue weighted by atomic mass is 10.1. The van der Waals surface area contributed by atoms with Crippen molar-refractivity contribution in [1.29, 1.82) is 0 Å². The molecule has 1 amide bonds. The quantitative estimate of drug-likeness (QED) is 0.811. The highest BCUT2D eigenvalue weighted by Crippen LogP contribution is 2.30. The van der Waals surface area contributed by atoms with Crippen LogP contribution in [0.2, 0.25) is 5.02 Å². The van der Waals surface area contributed by atoms with Crippen LogP contribution in [0.4, 0.5) is 0 Å². The number of aliphatic hydroxyl groups excluding tert-OH is 1. The van der Waals surface area contributed by atoms with Crippen LogP contribution >= 0.6 is 34.2 Å². The molecule has 0 unspecified atom stereocenters. The molecule has 92 valence electrons. The maximum atomic E-state index is 12.1. The predicted molar refractivity (Wildman–Crippen MR) is 72.6 cm³/mol. The number of nitrogens with zero attached hydrogens (tertiary/aromatic N) is 1. The summed E-state index contributed by atoms with van der Waals surface area (Å²) in [5, 5.41) is 9.71. The van der Waals surface area contributed by atoms with Gasteiger partial charge in [-0.15, -0.1) is 0 Å². The average Bonchev–Trinajstić information content (AvgIpc) is 2.27. The summed E-state index contributed by atoms with van der Waals surface area (Å²) >= 11 is 8.08. The number of hydrogen-bond acceptors (Lipinski definition) is 3. The Morgan fingerprint density at radius 1 is 1.59 bits per heavy atom. The molecule has 1 saturated heterocycles. The van der Waals surface area contributed by atoms with Crippen molar-refractivity contribution in [1.82, 2.24) is 4.90 Å². The van der Waals surface area contributed by atoms with Crippen molar-refractivity contribution in [2.45, 2.75) is 6.10 Å². The molecule has 1 aromatic rings. The number of β-amino-alcohol motifs (C(OH)–C–C–N with tert-alkyl or cyclic N) is 1. The Morgan fingerprint density at radius 2 is 2.24 bits per heavy atom. The third-order valence-electron chi connectivity index (χ3n) is 2.62. The van der Waals surface area contributed by atoms with Crippen molar-refractivity contribution in [3.63, 3.8) is 0 Å². The second kappa shape index (κ2) is 4.99. The van der Waals surface area contributed by atoms with Crippen LogP contribution in [0.5, 0.6) is 5.75 Å². The highest BCUT2D eigenvalue weighted by Gasteiger charge is 2.31. The van der Waals surface area contributed by atoms with Gasteiger partial charge >= 0.3 is 0 Å². The molecule has 1 aromatic carbocycles. The van der Waals surface area contributed by atoms with Gasteiger partial charge in [0.15, 0.2) is 0 Å². The van der Waals surface area contributed by atoms with E-state index in [0.29, 0.717) is 29.4 Å². The molecular weight excluding hydrogens is 356 g/mol. The summed E-state index contributed by atoms with van der Waals surface area (Å²) in [6.07, 6.45) is -0.413. The van der Waals surface area contributed by atoms with Crippen LogP contribution in [0.25, 0.3) is 0 Å². The first kappa shape index (κ1) is 12.9. The molecule has 1 heterocycles. The second-order valence-electron chi connectivity index (χ2n) is 3.83. The fourth-order valence-electron chi connectivity index (χ4n) is 1.66. The molecule has 0 aliphatic carbocycles. The summed E-state index contributed by atoms with van der Waals surface area (Å²) in [6.45, 7) is 0.733. The van der Waals surface area contributed by atoms with Crippen molar-refractivity contribution in [3.05, 3.63) is 26.3 Å². The molecule has 17 heavy (non-hydrogen) atoms. The summed E-state index contributed by atoms with van der Waals surface area (Å²) < 4.78 is 6.01. The van der Waals surface area contributed by atoms with Gasteiger partial charge in [-0.1, -0.05) is 11.6 Å². The molecule has 6 heteroatoms. The van der Waals surface area contributed by atoms with Gasteiger partial charge in [-0.05, 0) is 34.7 Å². The topological polar surface area (TPSA) is 49.8 Å². The van der Waals surface area contributed by atoms with E-state index in [4.69, 9.17) is 16.3 Å². The largest absolute Gasteiger partial charge is 0.496 e. The number of amides is 1. The van der Waals surface area contributed by atoms with Gasteiger partial charge in [0.2, 0.25) is 0 Å². The van der Waals surface area contributed by atoms with Gasteiger partial charge in [-0.3, -0.25) is 4.79 Å². The van der Waals surface area contributed by atoms with E-state index in [2.05, 4.69) is 22.6 Å². The molecule has 0 spiro atoms. The van der Waals surface area contributed by atoms with Crippen LogP contribution in [0, 0.1) is 3.57 Å². The number of carbonyl (C=O) groups is 1. The first-order chi connectivity index (χ1) is 8.02. The minimum absolute atomic E-state index is 0.162. The molecule has 2 rings (SSSR count). The molecule has 0 bridgehead atoms. The van der Waals surface area contributed by atoms with Gasteiger partial charge < -0.3 is 14.7 Å². The first-order valence-electron chi connectivity index (χ1n) is 5.03. The van der Waals surface area contributed by atoms with E-state index in [9.17, 15) is 9.90 Å². The highest BCUT2D eigenvalue weighted by atomic mass is 127. The third kappa shape index (κ3) is 2.51. The van der Waals surface area contributed by atoms with Crippen LogP contribution in [-0.4, -0.2) is 42.2 Å². The van der Waals surface area contributed by atoms with Gasteiger partial charge in [0.05, 0.1) is 23.8 Å². The zero-order valence-electron chi connectivity index (χ0n) is 9.11. The number of rotatable bonds is 2. The molecule has 4 nitrogen and oxygen atoms in total. The third-order valence-corrected chi connectivity index (χ3v) is 4.15. The number of carbonyl (C=O) groups excluding carboxylic acids is 1. The van der Waals surface area contributed by atoms with Crippen LogP contribution in [0.1, 0.15) is 10.4 Å². The van der Waals surface area contributed by atoms with Crippen LogP contribution in [-0.2, 0) is 0 Å². The fourth-order valence-corrected chi connectivity index (χ4v) is 2.26. The molecular formula is C11H11ClINO3. The number of hydrogen-bond donors (Lipinski definition) is 1. The van der Waals surface area contributed by atoms with Crippen molar-refractivity contribution >= 4 is 40.1 Å². The standard InChI is InChI=1S/C11H11ClINO3/c1-17-10-3-9(13)8(12)2-7(10)11(16)14-4-6(15)5-14/h2-3,6,15H,4-5H2,1H3. The number of benzene rings is 1. The van der Waals surface area contributed by atoms with Crippen molar-refractivity contribution in [3.8, 4) is 5.75 Å². The summed E-state index contributed by atoms with van der Waals surface area (Å²) in [5.74, 6) is 0.343. The Labute approximate surface area is 118 Å². The second-order valence-corrected chi connectivity index (χ2v) is 5.40. The van der Waals surface area contributed by atoms with Crippen molar-refractivity contribution in [2.75, 3.05) is 20.2 Å². The number of likely N-dealkylation sites (tertiary alicyclic amines) is 1. The predicted octanol–water partition coefficient (Wildman–Crippen LogP) is 1.77. The van der Waals surface area contributed by atoms with E-state index in [1.165, 1.54) is 7.11 Å². The minimum atomic E-state index is -0.413. The molecule has 0 radical (unpaired) electrons. The SMILES string of the molecule is COc1cc(I)c(Cl)cc1C(=O)N1CC(O)C1. The first-order valence-corrected chi connectivity index (χ1v) is 6.49. The van der Waals surface area contributed by atoms with Crippen LogP contribution < -0.4 is 4.74 Å². The number of ether oxygens (including phenoxy) is 1. The normalized spacial score (nSPS) is 15.6. The maximum absolute atomic E-state index is 12.1. The zero-order chi connectivity index (χ0) is 12.6. The molecule has 0 atom stereocenters. The Hall–Kier alpha value is -0.530. The highest BCUT2D eigenvalue weighted by molar-refractivity contribution is 14.1. The van der Waals surface area contributed by atoms with Crippen molar-refractivity contribution in [2.24, 2.45) is 0 Å². The van der Waals surface area contributed by atoms with Gasteiger partial charge in [-0.25, -0.2) is 0 Å². The molecule has 1 fully saturated rings. The van der Waals surface area contributed by atoms with E-state index in [0.717, 1.165) is 3.57 Å². The smallest absolute Gasteiger partial charge is 0.257 e. The lowest BCUT2D eigenvalue weighted by molar-refractivity contribution is 0.00570. The Kier molecular flexibility index (Phi) is 3.79. The molecule has 0 aromatic heterocycles. The molecule has 1 aliphatic heterocycles. The van der Waals surface area contributed by atoms with E-state index in [-0.39, 0.29) is 5.91 Å². The molecule has 1 aliphatic rings. The van der Waals surface area contributed by atoms with Gasteiger partial charge in [0, 0.05) is 16.7 Å². The van der Waals surface area contributed by atoms with Gasteiger partial charge in [0.1, 0.15) is 5.75 Å². The van der Waals surface area contributed by atoms with Crippen LogP contribution in [0.3, 0.4) is 0 Å².